The minimum Gasteiger partial charge on any atom is -0.462 e. The van der Waals surface area contributed by atoms with E-state index in [-0.39, 0.29) is 31.1 Å². The third-order valence-electron chi connectivity index (χ3n) is 12.8. The van der Waals surface area contributed by atoms with Gasteiger partial charge in [-0.3, -0.25) is 14.4 Å². The molecule has 390 valence electrons. The minimum absolute atomic E-state index is 0.0673. The number of esters is 3. The van der Waals surface area contributed by atoms with E-state index in [1.165, 1.54) is 180 Å². The molecule has 0 heterocycles. The number of carbonyl (C=O) groups excluding carboxylic acids is 3. The van der Waals surface area contributed by atoms with Crippen molar-refractivity contribution in [1.82, 2.24) is 0 Å². The van der Waals surface area contributed by atoms with Gasteiger partial charge in [0.05, 0.1) is 0 Å². The zero-order chi connectivity index (χ0) is 48.6. The first-order valence-corrected chi connectivity index (χ1v) is 29.1. The van der Waals surface area contributed by atoms with Gasteiger partial charge >= 0.3 is 17.9 Å². The third-order valence-corrected chi connectivity index (χ3v) is 12.8. The van der Waals surface area contributed by atoms with Crippen molar-refractivity contribution in [3.63, 3.8) is 0 Å². The van der Waals surface area contributed by atoms with Gasteiger partial charge in [-0.15, -0.1) is 0 Å². The highest BCUT2D eigenvalue weighted by Crippen LogP contribution is 2.17. The molecule has 6 nitrogen and oxygen atoms in total. The summed E-state index contributed by atoms with van der Waals surface area (Å²) in [5.41, 5.74) is 0. The van der Waals surface area contributed by atoms with Gasteiger partial charge < -0.3 is 14.2 Å². The molecule has 0 rings (SSSR count). The SMILES string of the molecule is CC/C=C\C/C=C\C/C=C\C/C=C\CCCCCCCCCCCCCCCCCCCCCCCCC(=O)OCC(COC(=O)CCCCCCCCC)OC(=O)CCCCCCCCC. The molecule has 1 atom stereocenters. The Bertz CT molecular complexity index is 1170. The number of ether oxygens (including phenoxy) is 3. The lowest BCUT2D eigenvalue weighted by Crippen LogP contribution is -2.30. The molecule has 0 saturated carbocycles. The highest BCUT2D eigenvalue weighted by molar-refractivity contribution is 5.71. The highest BCUT2D eigenvalue weighted by atomic mass is 16.6. The van der Waals surface area contributed by atoms with E-state index in [1.54, 1.807) is 0 Å². The van der Waals surface area contributed by atoms with Gasteiger partial charge in [-0.05, 0) is 57.8 Å². The second-order valence-corrected chi connectivity index (χ2v) is 19.5. The summed E-state index contributed by atoms with van der Waals surface area (Å²) in [6.45, 7) is 6.46. The molecule has 0 saturated heterocycles. The van der Waals surface area contributed by atoms with Crippen LogP contribution in [0.1, 0.15) is 303 Å². The normalized spacial score (nSPS) is 12.3. The van der Waals surface area contributed by atoms with Crippen LogP contribution in [0.15, 0.2) is 48.6 Å². The summed E-state index contributed by atoms with van der Waals surface area (Å²) in [6, 6.07) is 0. The van der Waals surface area contributed by atoms with Gasteiger partial charge in [0.15, 0.2) is 6.10 Å². The maximum Gasteiger partial charge on any atom is 0.306 e. The molecule has 0 aromatic heterocycles. The molecule has 0 aromatic rings. The predicted octanol–water partition coefficient (Wildman–Crippen LogP) is 19.4. The van der Waals surface area contributed by atoms with Crippen LogP contribution in [0.4, 0.5) is 0 Å². The molecule has 0 aliphatic rings. The van der Waals surface area contributed by atoms with E-state index in [0.29, 0.717) is 19.3 Å². The molecule has 0 amide bonds. The van der Waals surface area contributed by atoms with Crippen molar-refractivity contribution in [3.8, 4) is 0 Å². The standard InChI is InChI=1S/C61H110O6/c1-4-7-10-13-16-17-18-19-20-21-22-23-24-25-26-27-28-29-30-31-32-33-34-35-36-37-38-39-40-41-42-43-46-48-51-54-60(63)66-57-58(67-61(64)55-52-49-45-15-12-9-6-3)56-65-59(62)53-50-47-44-14-11-8-5-2/h7,10,16-17,19-20,22-23,58H,4-6,8-9,11-15,18,21,24-57H2,1-3H3/b10-7-,17-16-,20-19-,23-22-. The van der Waals surface area contributed by atoms with E-state index in [2.05, 4.69) is 69.4 Å². The van der Waals surface area contributed by atoms with E-state index < -0.39 is 6.10 Å². The van der Waals surface area contributed by atoms with Crippen molar-refractivity contribution in [3.05, 3.63) is 48.6 Å². The molecule has 0 aromatic carbocycles. The Morgan fingerprint density at radius 3 is 0.910 bits per heavy atom. The first-order valence-electron chi connectivity index (χ1n) is 29.1. The first-order chi connectivity index (χ1) is 33.0. The van der Waals surface area contributed by atoms with Gasteiger partial charge in [-0.2, -0.15) is 0 Å². The summed E-state index contributed by atoms with van der Waals surface area (Å²) >= 11 is 0. The van der Waals surface area contributed by atoms with E-state index in [1.807, 2.05) is 0 Å². The summed E-state index contributed by atoms with van der Waals surface area (Å²) in [6.07, 6.45) is 69.0. The van der Waals surface area contributed by atoms with Gasteiger partial charge in [0.1, 0.15) is 13.2 Å². The van der Waals surface area contributed by atoms with Gasteiger partial charge in [0.25, 0.3) is 0 Å². The van der Waals surface area contributed by atoms with E-state index >= 15 is 0 Å². The maximum atomic E-state index is 12.6. The van der Waals surface area contributed by atoms with Crippen LogP contribution in [0.2, 0.25) is 0 Å². The third kappa shape index (κ3) is 54.2. The lowest BCUT2D eigenvalue weighted by atomic mass is 10.0. The van der Waals surface area contributed by atoms with Crippen LogP contribution in [-0.4, -0.2) is 37.2 Å². The molecule has 1 unspecified atom stereocenters. The summed E-state index contributed by atoms with van der Waals surface area (Å²) in [4.78, 5) is 37.6. The van der Waals surface area contributed by atoms with Crippen LogP contribution in [0.25, 0.3) is 0 Å². The van der Waals surface area contributed by atoms with Crippen LogP contribution < -0.4 is 0 Å². The number of rotatable bonds is 53. The summed E-state index contributed by atoms with van der Waals surface area (Å²) in [5.74, 6) is -0.869. The van der Waals surface area contributed by atoms with Gasteiger partial charge in [0.2, 0.25) is 0 Å². The van der Waals surface area contributed by atoms with Crippen LogP contribution in [0, 0.1) is 0 Å². The number of allylic oxidation sites excluding steroid dienone is 8. The smallest absolute Gasteiger partial charge is 0.306 e. The van der Waals surface area contributed by atoms with E-state index in [0.717, 1.165) is 83.5 Å². The number of carbonyl (C=O) groups is 3. The van der Waals surface area contributed by atoms with Crippen molar-refractivity contribution in [2.24, 2.45) is 0 Å². The Balaban J connectivity index is 3.78. The molecule has 0 radical (unpaired) electrons. The fourth-order valence-corrected chi connectivity index (χ4v) is 8.49. The monoisotopic (exact) mass is 939 g/mol. The Kier molecular flexibility index (Phi) is 53.8. The fourth-order valence-electron chi connectivity index (χ4n) is 8.49. The molecule has 0 spiro atoms. The molecule has 0 bridgehead atoms. The van der Waals surface area contributed by atoms with Crippen molar-refractivity contribution in [1.29, 1.82) is 0 Å². The second kappa shape index (κ2) is 56.0. The van der Waals surface area contributed by atoms with Crippen LogP contribution in [-0.2, 0) is 28.6 Å². The highest BCUT2D eigenvalue weighted by Gasteiger charge is 2.19. The molecule has 6 heteroatoms. The molecule has 0 aliphatic carbocycles. The Labute approximate surface area is 416 Å². The van der Waals surface area contributed by atoms with E-state index in [9.17, 15) is 14.4 Å². The number of hydrogen-bond acceptors (Lipinski definition) is 6. The van der Waals surface area contributed by atoms with Crippen LogP contribution in [0.5, 0.6) is 0 Å². The van der Waals surface area contributed by atoms with E-state index in [4.69, 9.17) is 14.2 Å². The molecule has 67 heavy (non-hydrogen) atoms. The molecular weight excluding hydrogens is 829 g/mol. The zero-order valence-corrected chi connectivity index (χ0v) is 44.7. The molecule has 0 aliphatic heterocycles. The average Bonchev–Trinajstić information content (AvgIpc) is 3.33. The minimum atomic E-state index is -0.761. The Morgan fingerprint density at radius 1 is 0.313 bits per heavy atom. The lowest BCUT2D eigenvalue weighted by Gasteiger charge is -2.18. The van der Waals surface area contributed by atoms with Crippen molar-refractivity contribution >= 4 is 17.9 Å². The quantitative estimate of drug-likeness (QED) is 0.0262. The summed E-state index contributed by atoms with van der Waals surface area (Å²) in [7, 11) is 0. The molecule has 0 fully saturated rings. The largest absolute Gasteiger partial charge is 0.462 e. The van der Waals surface area contributed by atoms with Crippen molar-refractivity contribution in [2.75, 3.05) is 13.2 Å². The fraction of sp³-hybridized carbons (Fsp3) is 0.820. The molecular formula is C61H110O6. The van der Waals surface area contributed by atoms with Gasteiger partial charge in [-0.25, -0.2) is 0 Å². The lowest BCUT2D eigenvalue weighted by molar-refractivity contribution is -0.167. The number of unbranched alkanes of at least 4 members (excludes halogenated alkanes) is 34. The Morgan fingerprint density at radius 2 is 0.582 bits per heavy atom. The zero-order valence-electron chi connectivity index (χ0n) is 44.7. The molecule has 0 N–H and O–H groups in total. The maximum absolute atomic E-state index is 12.6. The Hall–Kier alpha value is -2.63. The predicted molar refractivity (Wildman–Crippen MR) is 289 cm³/mol. The average molecular weight is 940 g/mol. The van der Waals surface area contributed by atoms with Crippen LogP contribution in [0.3, 0.4) is 0 Å². The van der Waals surface area contributed by atoms with Crippen molar-refractivity contribution in [2.45, 2.75) is 309 Å². The second-order valence-electron chi connectivity index (χ2n) is 19.5. The summed E-state index contributed by atoms with van der Waals surface area (Å²) < 4.78 is 16.7. The van der Waals surface area contributed by atoms with Crippen LogP contribution >= 0.6 is 0 Å². The number of hydrogen-bond donors (Lipinski definition) is 0. The van der Waals surface area contributed by atoms with Crippen molar-refractivity contribution < 1.29 is 28.6 Å². The van der Waals surface area contributed by atoms with Gasteiger partial charge in [-0.1, -0.05) is 275 Å². The topological polar surface area (TPSA) is 78.9 Å². The first kappa shape index (κ1) is 64.4. The van der Waals surface area contributed by atoms with Gasteiger partial charge in [0, 0.05) is 19.3 Å². The summed E-state index contributed by atoms with van der Waals surface area (Å²) in [5, 5.41) is 0.